The second kappa shape index (κ2) is 10.9. The highest BCUT2D eigenvalue weighted by molar-refractivity contribution is 6.02. The van der Waals surface area contributed by atoms with E-state index in [4.69, 9.17) is 0 Å². The number of Topliss-reactive ketones (excluding diaryl/α,β-unsaturated/α-hetero) is 1. The summed E-state index contributed by atoms with van der Waals surface area (Å²) in [5.74, 6) is -0.00575. The Morgan fingerprint density at radius 1 is 1.11 bits per heavy atom. The zero-order valence-corrected chi connectivity index (χ0v) is 20.3. The van der Waals surface area contributed by atoms with E-state index in [9.17, 15) is 4.79 Å². The monoisotopic (exact) mass is 482 g/mol. The van der Waals surface area contributed by atoms with Crippen LogP contribution in [-0.2, 0) is 0 Å². The molecule has 9 heteroatoms. The summed E-state index contributed by atoms with van der Waals surface area (Å²) in [5, 5.41) is 24.5. The molecule has 1 aromatic carbocycles. The van der Waals surface area contributed by atoms with Crippen LogP contribution in [0.4, 0.5) is 11.4 Å². The lowest BCUT2D eigenvalue weighted by molar-refractivity contribution is 0.100. The number of H-pyrrole nitrogens is 2. The van der Waals surface area contributed by atoms with Crippen molar-refractivity contribution >= 4 is 40.2 Å². The summed E-state index contributed by atoms with van der Waals surface area (Å²) in [6.45, 7) is 5.11. The standard InChI is InChI=1S/C27H30N8O/c1-2-35(13-3-11-28-21-6-4-20-16-32-34-24(20)9-7-21)23-8-5-19-14-26(33-25(19)15-23)27(36)18-29-22-10-12-30-31-17-22/h4-5,7-10,12,14-17,28,33-34H,2-3,6,11,13,18H2,1H3,(H,29,30). The molecule has 36 heavy (non-hydrogen) atoms. The molecular formula is C27H30N8O. The number of rotatable bonds is 11. The summed E-state index contributed by atoms with van der Waals surface area (Å²) in [6.07, 6.45) is 13.3. The molecule has 4 N–H and O–H groups in total. The topological polar surface area (TPSA) is 115 Å². The number of aromatic nitrogens is 5. The average Bonchev–Trinajstić information content (AvgIpc) is 3.51. The second-order valence-electron chi connectivity index (χ2n) is 8.73. The highest BCUT2D eigenvalue weighted by atomic mass is 16.1. The maximum absolute atomic E-state index is 12.7. The van der Waals surface area contributed by atoms with Crippen LogP contribution in [0, 0.1) is 0 Å². The van der Waals surface area contributed by atoms with E-state index < -0.39 is 0 Å². The number of allylic oxidation sites excluding steroid dienone is 2. The van der Waals surface area contributed by atoms with Gasteiger partial charge in [-0.25, -0.2) is 0 Å². The summed E-state index contributed by atoms with van der Waals surface area (Å²) in [4.78, 5) is 18.3. The maximum Gasteiger partial charge on any atom is 0.197 e. The molecule has 184 valence electrons. The van der Waals surface area contributed by atoms with Crippen LogP contribution in [0.2, 0.25) is 0 Å². The van der Waals surface area contributed by atoms with Gasteiger partial charge in [-0.2, -0.15) is 15.3 Å². The molecule has 0 saturated carbocycles. The van der Waals surface area contributed by atoms with Crippen LogP contribution in [0.15, 0.2) is 60.7 Å². The number of ketones is 1. The van der Waals surface area contributed by atoms with Gasteiger partial charge in [-0.05, 0) is 49.8 Å². The summed E-state index contributed by atoms with van der Waals surface area (Å²) >= 11 is 0. The van der Waals surface area contributed by atoms with E-state index in [0.29, 0.717) is 5.69 Å². The van der Waals surface area contributed by atoms with Gasteiger partial charge in [0, 0.05) is 53.6 Å². The first-order chi connectivity index (χ1) is 17.7. The largest absolute Gasteiger partial charge is 0.388 e. The molecule has 0 unspecified atom stereocenters. The molecule has 1 aliphatic rings. The lowest BCUT2D eigenvalue weighted by Crippen LogP contribution is -2.27. The Kier molecular flexibility index (Phi) is 7.07. The van der Waals surface area contributed by atoms with Crippen molar-refractivity contribution in [1.82, 2.24) is 30.7 Å². The summed E-state index contributed by atoms with van der Waals surface area (Å²) < 4.78 is 0. The molecule has 0 amide bonds. The van der Waals surface area contributed by atoms with Crippen LogP contribution in [0.1, 0.15) is 30.3 Å². The SMILES string of the molecule is CCN(CCCNC1=CC=c2[nH]ncc2=CC1)c1ccc2cc(C(=O)CNc3ccnnc3)[nH]c2c1. The summed E-state index contributed by atoms with van der Waals surface area (Å²) in [6, 6.07) is 10.0. The number of nitrogens with zero attached hydrogens (tertiary/aromatic N) is 4. The van der Waals surface area contributed by atoms with Gasteiger partial charge in [0.05, 0.1) is 41.9 Å². The van der Waals surface area contributed by atoms with Crippen LogP contribution >= 0.6 is 0 Å². The Hall–Kier alpha value is -4.40. The number of hydrogen-bond donors (Lipinski definition) is 4. The van der Waals surface area contributed by atoms with Gasteiger partial charge < -0.3 is 20.5 Å². The number of benzene rings is 1. The fourth-order valence-corrected chi connectivity index (χ4v) is 4.33. The van der Waals surface area contributed by atoms with Gasteiger partial charge in [0.2, 0.25) is 0 Å². The third-order valence-electron chi connectivity index (χ3n) is 6.34. The van der Waals surface area contributed by atoms with E-state index >= 15 is 0 Å². The highest BCUT2D eigenvalue weighted by Crippen LogP contribution is 2.23. The molecule has 5 rings (SSSR count). The van der Waals surface area contributed by atoms with Crippen molar-refractivity contribution in [1.29, 1.82) is 0 Å². The number of carbonyl (C=O) groups is 1. The Morgan fingerprint density at radius 2 is 2.06 bits per heavy atom. The van der Waals surface area contributed by atoms with Gasteiger partial charge in [0.15, 0.2) is 5.78 Å². The number of anilines is 2. The molecule has 3 aromatic heterocycles. The van der Waals surface area contributed by atoms with Gasteiger partial charge in [-0.15, -0.1) is 0 Å². The molecule has 0 aliphatic heterocycles. The van der Waals surface area contributed by atoms with Crippen LogP contribution in [0.5, 0.6) is 0 Å². The Labute approximate surface area is 209 Å². The minimum atomic E-state index is -0.00575. The van der Waals surface area contributed by atoms with E-state index in [0.717, 1.165) is 65.3 Å². The number of carbonyl (C=O) groups excluding carboxylic acids is 1. The molecule has 3 heterocycles. The average molecular weight is 483 g/mol. The van der Waals surface area contributed by atoms with Gasteiger partial charge >= 0.3 is 0 Å². The van der Waals surface area contributed by atoms with E-state index in [1.807, 2.05) is 12.3 Å². The van der Waals surface area contributed by atoms with Crippen molar-refractivity contribution in [3.05, 3.63) is 77.0 Å². The zero-order chi connectivity index (χ0) is 24.7. The number of nitrogens with one attached hydrogen (secondary N) is 4. The smallest absolute Gasteiger partial charge is 0.197 e. The molecule has 0 radical (unpaired) electrons. The first kappa shape index (κ1) is 23.3. The Bertz CT molecular complexity index is 1480. The molecule has 1 aliphatic carbocycles. The van der Waals surface area contributed by atoms with E-state index in [-0.39, 0.29) is 12.3 Å². The molecule has 4 aromatic rings. The molecular weight excluding hydrogens is 452 g/mol. The van der Waals surface area contributed by atoms with Crippen LogP contribution in [-0.4, -0.2) is 57.3 Å². The number of hydrogen-bond acceptors (Lipinski definition) is 7. The fraction of sp³-hybridized carbons (Fsp3) is 0.259. The molecule has 0 fully saturated rings. The predicted octanol–water partition coefficient (Wildman–Crippen LogP) is 2.33. The lowest BCUT2D eigenvalue weighted by Gasteiger charge is -2.23. The van der Waals surface area contributed by atoms with Crippen LogP contribution in [0.25, 0.3) is 23.1 Å². The molecule has 0 atom stereocenters. The first-order valence-electron chi connectivity index (χ1n) is 12.3. The minimum Gasteiger partial charge on any atom is -0.388 e. The number of aromatic amines is 2. The van der Waals surface area contributed by atoms with Crippen molar-refractivity contribution < 1.29 is 4.79 Å². The zero-order valence-electron chi connectivity index (χ0n) is 20.3. The van der Waals surface area contributed by atoms with Crippen molar-refractivity contribution in [3.8, 4) is 0 Å². The molecule has 9 nitrogen and oxygen atoms in total. The van der Waals surface area contributed by atoms with Gasteiger partial charge in [0.1, 0.15) is 0 Å². The van der Waals surface area contributed by atoms with Gasteiger partial charge in [-0.1, -0.05) is 12.1 Å². The van der Waals surface area contributed by atoms with Crippen LogP contribution < -0.4 is 26.1 Å². The maximum atomic E-state index is 12.7. The van der Waals surface area contributed by atoms with Crippen molar-refractivity contribution in [2.24, 2.45) is 0 Å². The first-order valence-corrected chi connectivity index (χ1v) is 12.3. The lowest BCUT2D eigenvalue weighted by atomic mass is 10.2. The van der Waals surface area contributed by atoms with Gasteiger partial charge in [-0.3, -0.25) is 9.89 Å². The predicted molar refractivity (Wildman–Crippen MR) is 143 cm³/mol. The Morgan fingerprint density at radius 3 is 2.92 bits per heavy atom. The number of fused-ring (bicyclic) bond motifs is 2. The third kappa shape index (κ3) is 5.46. The van der Waals surface area contributed by atoms with Crippen LogP contribution in [0.3, 0.4) is 0 Å². The normalized spacial score (nSPS) is 12.6. The van der Waals surface area contributed by atoms with Crippen molar-refractivity contribution in [2.75, 3.05) is 36.4 Å². The summed E-state index contributed by atoms with van der Waals surface area (Å²) in [5.41, 5.74) is 4.68. The highest BCUT2D eigenvalue weighted by Gasteiger charge is 2.12. The Balaban J connectivity index is 1.16. The molecule has 0 spiro atoms. The minimum absolute atomic E-state index is 0.00575. The van der Waals surface area contributed by atoms with E-state index in [1.54, 1.807) is 18.5 Å². The van der Waals surface area contributed by atoms with Crippen molar-refractivity contribution in [2.45, 2.75) is 19.8 Å². The quantitative estimate of drug-likeness (QED) is 0.192. The summed E-state index contributed by atoms with van der Waals surface area (Å²) in [7, 11) is 0. The molecule has 0 bridgehead atoms. The third-order valence-corrected chi connectivity index (χ3v) is 6.34. The van der Waals surface area contributed by atoms with E-state index in [1.165, 1.54) is 5.70 Å². The second-order valence-corrected chi connectivity index (χ2v) is 8.73. The van der Waals surface area contributed by atoms with Gasteiger partial charge in [0.25, 0.3) is 0 Å². The fourth-order valence-electron chi connectivity index (χ4n) is 4.33. The molecule has 0 saturated heterocycles. The van der Waals surface area contributed by atoms with E-state index in [2.05, 4.69) is 84.3 Å². The van der Waals surface area contributed by atoms with Crippen molar-refractivity contribution in [3.63, 3.8) is 0 Å².